The number of rotatable bonds is 9. The molecule has 2 aliphatic heterocycles. The standard InChI is InChI=1S/C29H26F3N3O5S/c30-21-9-15(27(36)37)10-23-25(21)33-29(41-23)35-16-7-8-17(35)12-18(11-16)38-13-20-24(34-40-26(20)14-5-6-14)19-3-1-2-4-22(19)39-28(31)32/h1-4,9-10,14,16-18,28H,5-8,11-13H2,(H,36,37)/t16-,17+,18+. The lowest BCUT2D eigenvalue weighted by Gasteiger charge is -2.38. The number of para-hydroxylation sites is 1. The van der Waals surface area contributed by atoms with Gasteiger partial charge in [0.1, 0.15) is 22.7 Å². The fraction of sp³-hybridized carbons (Fsp3) is 0.414. The predicted molar refractivity (Wildman–Crippen MR) is 144 cm³/mol. The molecule has 0 amide bonds. The van der Waals surface area contributed by atoms with E-state index in [0.29, 0.717) is 21.1 Å². The van der Waals surface area contributed by atoms with E-state index in [9.17, 15) is 23.1 Å². The first-order chi connectivity index (χ1) is 19.9. The van der Waals surface area contributed by atoms with E-state index in [2.05, 4.69) is 15.0 Å². The van der Waals surface area contributed by atoms with Gasteiger partial charge in [-0.25, -0.2) is 14.2 Å². The molecule has 2 aromatic carbocycles. The van der Waals surface area contributed by atoms with Crippen LogP contribution in [-0.2, 0) is 11.3 Å². The van der Waals surface area contributed by atoms with Gasteiger partial charge in [-0.3, -0.25) is 0 Å². The summed E-state index contributed by atoms with van der Waals surface area (Å²) < 4.78 is 58.2. The molecule has 0 unspecified atom stereocenters. The zero-order chi connectivity index (χ0) is 28.2. The smallest absolute Gasteiger partial charge is 0.387 e. The van der Waals surface area contributed by atoms with Gasteiger partial charge >= 0.3 is 12.6 Å². The molecule has 2 saturated heterocycles. The molecule has 0 radical (unpaired) electrons. The summed E-state index contributed by atoms with van der Waals surface area (Å²) in [7, 11) is 0. The number of carboxylic acid groups (broad SMARTS) is 1. The number of nitrogens with zero attached hydrogens (tertiary/aromatic N) is 3. The molecule has 7 rings (SSSR count). The molecule has 1 N–H and O–H groups in total. The van der Waals surface area contributed by atoms with Crippen LogP contribution in [0.1, 0.15) is 66.1 Å². The van der Waals surface area contributed by atoms with E-state index < -0.39 is 18.4 Å². The number of carboxylic acids is 1. The number of thiazole rings is 1. The third-order valence-electron chi connectivity index (χ3n) is 8.18. The number of hydrogen-bond donors (Lipinski definition) is 1. The van der Waals surface area contributed by atoms with Gasteiger partial charge in [0.15, 0.2) is 10.9 Å². The maximum atomic E-state index is 14.6. The highest BCUT2D eigenvalue weighted by Crippen LogP contribution is 2.47. The molecule has 0 spiro atoms. The van der Waals surface area contributed by atoms with Crippen LogP contribution in [0.15, 0.2) is 40.9 Å². The van der Waals surface area contributed by atoms with Gasteiger partial charge in [0.05, 0.1) is 23.0 Å². The summed E-state index contributed by atoms with van der Waals surface area (Å²) in [5.74, 6) is -0.788. The SMILES string of the molecule is O=C(O)c1cc(F)c2nc(N3[C@@H]4CC[C@H]3C[C@@H](OCc3c(-c5ccccc5OC(F)F)noc3C3CC3)C4)sc2c1. The Balaban J connectivity index is 1.10. The molecule has 4 aromatic rings. The minimum Gasteiger partial charge on any atom is -0.478 e. The largest absolute Gasteiger partial charge is 0.478 e. The van der Waals surface area contributed by atoms with Crippen LogP contribution in [0.3, 0.4) is 0 Å². The third-order valence-corrected chi connectivity index (χ3v) is 9.20. The van der Waals surface area contributed by atoms with E-state index in [1.54, 1.807) is 18.2 Å². The fourth-order valence-electron chi connectivity index (χ4n) is 6.19. The van der Waals surface area contributed by atoms with E-state index in [0.717, 1.165) is 55.9 Å². The molecule has 2 aromatic heterocycles. The highest BCUT2D eigenvalue weighted by molar-refractivity contribution is 7.22. The van der Waals surface area contributed by atoms with Crippen molar-refractivity contribution in [3.05, 3.63) is 59.1 Å². The normalized spacial score (nSPS) is 22.1. The predicted octanol–water partition coefficient (Wildman–Crippen LogP) is 6.98. The minimum absolute atomic E-state index is 0.0356. The third kappa shape index (κ3) is 4.93. The van der Waals surface area contributed by atoms with Crippen molar-refractivity contribution in [2.45, 2.75) is 75.8 Å². The molecule has 3 atom stereocenters. The van der Waals surface area contributed by atoms with Crippen LogP contribution in [0.25, 0.3) is 21.5 Å². The van der Waals surface area contributed by atoms with Gasteiger partial charge in [-0.05, 0) is 62.8 Å². The summed E-state index contributed by atoms with van der Waals surface area (Å²) in [6, 6.07) is 9.35. The first-order valence-electron chi connectivity index (χ1n) is 13.6. The maximum absolute atomic E-state index is 14.6. The van der Waals surface area contributed by atoms with Gasteiger partial charge in [-0.15, -0.1) is 0 Å². The Kier molecular flexibility index (Phi) is 6.61. The number of anilines is 1. The highest BCUT2D eigenvalue weighted by Gasteiger charge is 2.43. The molecule has 12 heteroatoms. The van der Waals surface area contributed by atoms with E-state index >= 15 is 0 Å². The number of carbonyl (C=O) groups is 1. The summed E-state index contributed by atoms with van der Waals surface area (Å²) in [4.78, 5) is 18.2. The molecular weight excluding hydrogens is 559 g/mol. The number of fused-ring (bicyclic) bond motifs is 3. The van der Waals surface area contributed by atoms with Gasteiger partial charge in [0.2, 0.25) is 0 Å². The monoisotopic (exact) mass is 585 g/mol. The second-order valence-corrected chi connectivity index (χ2v) is 11.8. The van der Waals surface area contributed by atoms with Crippen LogP contribution in [0.5, 0.6) is 5.75 Å². The number of aromatic carboxylic acids is 1. The first kappa shape index (κ1) is 26.3. The zero-order valence-corrected chi connectivity index (χ0v) is 22.6. The molecule has 8 nitrogen and oxygen atoms in total. The lowest BCUT2D eigenvalue weighted by atomic mass is 10.00. The first-order valence-corrected chi connectivity index (χ1v) is 14.4. The van der Waals surface area contributed by atoms with Gasteiger partial charge in [-0.1, -0.05) is 28.6 Å². The van der Waals surface area contributed by atoms with Crippen molar-refractivity contribution < 1.29 is 37.1 Å². The molecule has 4 heterocycles. The topological polar surface area (TPSA) is 97.9 Å². The van der Waals surface area contributed by atoms with E-state index in [4.69, 9.17) is 14.0 Å². The number of hydrogen-bond acceptors (Lipinski definition) is 8. The number of benzene rings is 2. The van der Waals surface area contributed by atoms with Gasteiger partial charge < -0.3 is 24.0 Å². The lowest BCUT2D eigenvalue weighted by Crippen LogP contribution is -2.45. The maximum Gasteiger partial charge on any atom is 0.387 e. The number of piperidine rings is 1. The number of ether oxygens (including phenoxy) is 2. The van der Waals surface area contributed by atoms with E-state index in [1.165, 1.54) is 23.5 Å². The summed E-state index contributed by atoms with van der Waals surface area (Å²) >= 11 is 1.31. The number of halogens is 3. The summed E-state index contributed by atoms with van der Waals surface area (Å²) in [5.41, 5.74) is 1.76. The van der Waals surface area contributed by atoms with Crippen molar-refractivity contribution in [2.24, 2.45) is 0 Å². The molecule has 214 valence electrons. The molecule has 1 saturated carbocycles. The van der Waals surface area contributed by atoms with Crippen molar-refractivity contribution >= 4 is 32.7 Å². The van der Waals surface area contributed by atoms with Crippen molar-refractivity contribution in [3.8, 4) is 17.0 Å². The van der Waals surface area contributed by atoms with Crippen LogP contribution in [0.2, 0.25) is 0 Å². The van der Waals surface area contributed by atoms with Crippen LogP contribution in [0, 0.1) is 5.82 Å². The summed E-state index contributed by atoms with van der Waals surface area (Å²) in [6.07, 6.45) is 5.32. The van der Waals surface area contributed by atoms with Crippen LogP contribution in [-0.4, -0.2) is 46.0 Å². The molecule has 3 fully saturated rings. The Morgan fingerprint density at radius 2 is 1.90 bits per heavy atom. The van der Waals surface area contributed by atoms with E-state index in [-0.39, 0.29) is 47.5 Å². The highest BCUT2D eigenvalue weighted by atomic mass is 32.1. The van der Waals surface area contributed by atoms with Gasteiger partial charge in [0, 0.05) is 29.1 Å². The quantitative estimate of drug-likeness (QED) is 0.225. The minimum atomic E-state index is -2.96. The lowest BCUT2D eigenvalue weighted by molar-refractivity contribution is -0.0494. The second kappa shape index (κ2) is 10.3. The Morgan fingerprint density at radius 3 is 2.61 bits per heavy atom. The van der Waals surface area contributed by atoms with Crippen molar-refractivity contribution in [2.75, 3.05) is 4.90 Å². The fourth-order valence-corrected chi connectivity index (χ4v) is 7.35. The summed E-state index contributed by atoms with van der Waals surface area (Å²) in [5, 5.41) is 14.2. The molecule has 41 heavy (non-hydrogen) atoms. The Labute approximate surface area is 236 Å². The molecule has 3 aliphatic rings. The van der Waals surface area contributed by atoms with Crippen LogP contribution in [0.4, 0.5) is 18.3 Å². The second-order valence-electron chi connectivity index (χ2n) is 10.8. The molecular formula is C29H26F3N3O5S. The van der Waals surface area contributed by atoms with Crippen LogP contribution >= 0.6 is 11.3 Å². The Hall–Kier alpha value is -3.64. The van der Waals surface area contributed by atoms with Crippen molar-refractivity contribution in [1.82, 2.24) is 10.1 Å². The average molecular weight is 586 g/mol. The van der Waals surface area contributed by atoms with Crippen molar-refractivity contribution in [1.29, 1.82) is 0 Å². The van der Waals surface area contributed by atoms with Gasteiger partial charge in [-0.2, -0.15) is 8.78 Å². The van der Waals surface area contributed by atoms with Crippen LogP contribution < -0.4 is 9.64 Å². The Bertz CT molecular complexity index is 1610. The number of alkyl halides is 2. The zero-order valence-electron chi connectivity index (χ0n) is 21.8. The summed E-state index contributed by atoms with van der Waals surface area (Å²) in [6.45, 7) is -2.72. The average Bonchev–Trinajstić information content (AvgIpc) is 3.45. The van der Waals surface area contributed by atoms with E-state index in [1.807, 2.05) is 0 Å². The van der Waals surface area contributed by atoms with Crippen molar-refractivity contribution in [3.63, 3.8) is 0 Å². The Morgan fingerprint density at radius 1 is 1.15 bits per heavy atom. The number of aromatic nitrogens is 2. The molecule has 2 bridgehead atoms. The van der Waals surface area contributed by atoms with Gasteiger partial charge in [0.25, 0.3) is 0 Å². The molecule has 1 aliphatic carbocycles.